The molecule has 2 rings (SSSR count). The van der Waals surface area contributed by atoms with Crippen LogP contribution in [-0.2, 0) is 30.4 Å². The van der Waals surface area contributed by atoms with E-state index in [4.69, 9.17) is 16.6 Å². The first-order chi connectivity index (χ1) is 19.1. The fourth-order valence-electron chi connectivity index (χ4n) is 4.09. The van der Waals surface area contributed by atoms with Gasteiger partial charge in [0, 0.05) is 23.5 Å². The van der Waals surface area contributed by atoms with Crippen LogP contribution in [0.25, 0.3) is 10.9 Å². The predicted molar refractivity (Wildman–Crippen MR) is 152 cm³/mol. The average Bonchev–Trinajstić information content (AvgIpc) is 3.32. The van der Waals surface area contributed by atoms with E-state index >= 15 is 0 Å². The number of nitrogens with one attached hydrogen (secondary N) is 4. The van der Waals surface area contributed by atoms with Crippen LogP contribution in [0.15, 0.2) is 30.5 Å². The van der Waals surface area contributed by atoms with Crippen molar-refractivity contribution < 1.29 is 34.2 Å². The van der Waals surface area contributed by atoms with E-state index in [1.54, 1.807) is 6.20 Å². The highest BCUT2D eigenvalue weighted by atomic mass is 32.2. The van der Waals surface area contributed by atoms with Crippen LogP contribution in [0.3, 0.4) is 0 Å². The average molecular weight is 579 g/mol. The monoisotopic (exact) mass is 578 g/mol. The third-order valence-corrected chi connectivity index (χ3v) is 6.91. The summed E-state index contributed by atoms with van der Waals surface area (Å²) in [5.74, 6) is -4.17. The third kappa shape index (κ3) is 10.2. The molecule has 0 bridgehead atoms. The van der Waals surface area contributed by atoms with Gasteiger partial charge >= 0.3 is 11.9 Å². The standard InChI is InChI=1S/C26H38N6O7S/c1-40-11-9-19(24(36)31-20(26(38)39)8-4-5-10-27)30-25(37)21(32-23(35)17(28)13-22(33)34)12-15-14-29-18-7-3-2-6-16(15)18/h2-3,6-7,14,17,19-21,29H,4-5,8-13,27-28H2,1H3,(H,30,37)(H,31,36)(H,32,35)(H,33,34)(H,38,39). The van der Waals surface area contributed by atoms with Crippen LogP contribution >= 0.6 is 11.8 Å². The van der Waals surface area contributed by atoms with Crippen LogP contribution in [-0.4, -0.2) is 87.6 Å². The van der Waals surface area contributed by atoms with Crippen molar-refractivity contribution in [3.8, 4) is 0 Å². The lowest BCUT2D eigenvalue weighted by Crippen LogP contribution is -2.57. The number of aromatic amines is 1. The Morgan fingerprint density at radius 2 is 1.57 bits per heavy atom. The molecule has 1 aromatic carbocycles. The molecule has 3 amide bonds. The lowest BCUT2D eigenvalue weighted by atomic mass is 10.0. The number of carboxylic acids is 2. The van der Waals surface area contributed by atoms with E-state index in [1.165, 1.54) is 11.8 Å². The van der Waals surface area contributed by atoms with Gasteiger partial charge in [0.2, 0.25) is 17.7 Å². The van der Waals surface area contributed by atoms with Gasteiger partial charge in [-0.25, -0.2) is 4.79 Å². The van der Waals surface area contributed by atoms with Crippen molar-refractivity contribution >= 4 is 52.3 Å². The number of aromatic nitrogens is 1. The Morgan fingerprint density at radius 1 is 0.925 bits per heavy atom. The normalized spacial score (nSPS) is 14.1. The molecule has 0 aliphatic heterocycles. The number of carbonyl (C=O) groups excluding carboxylic acids is 3. The zero-order chi connectivity index (χ0) is 29.7. The van der Waals surface area contributed by atoms with Gasteiger partial charge < -0.3 is 42.6 Å². The van der Waals surface area contributed by atoms with Gasteiger partial charge in [-0.2, -0.15) is 11.8 Å². The molecule has 4 atom stereocenters. The number of thioether (sulfide) groups is 1. The van der Waals surface area contributed by atoms with E-state index in [0.29, 0.717) is 30.7 Å². The largest absolute Gasteiger partial charge is 0.481 e. The number of H-pyrrole nitrogens is 1. The molecule has 40 heavy (non-hydrogen) atoms. The highest BCUT2D eigenvalue weighted by Crippen LogP contribution is 2.19. The number of carboxylic acid groups (broad SMARTS) is 2. The predicted octanol–water partition coefficient (Wildman–Crippen LogP) is -0.0665. The fourth-order valence-corrected chi connectivity index (χ4v) is 4.56. The molecule has 14 heteroatoms. The number of carbonyl (C=O) groups is 5. The second kappa shape index (κ2) is 16.5. The first-order valence-electron chi connectivity index (χ1n) is 12.9. The van der Waals surface area contributed by atoms with Crippen molar-refractivity contribution in [2.45, 2.75) is 62.7 Å². The zero-order valence-corrected chi connectivity index (χ0v) is 23.2. The van der Waals surface area contributed by atoms with Crippen molar-refractivity contribution in [3.63, 3.8) is 0 Å². The van der Waals surface area contributed by atoms with Crippen LogP contribution in [0, 0.1) is 0 Å². The van der Waals surface area contributed by atoms with Crippen LogP contribution in [0.5, 0.6) is 0 Å². The molecule has 0 saturated heterocycles. The smallest absolute Gasteiger partial charge is 0.326 e. The van der Waals surface area contributed by atoms with Crippen molar-refractivity contribution in [1.29, 1.82) is 0 Å². The number of amides is 3. The molecule has 10 N–H and O–H groups in total. The second-order valence-corrected chi connectivity index (χ2v) is 10.3. The van der Waals surface area contributed by atoms with Gasteiger partial charge in [-0.3, -0.25) is 19.2 Å². The lowest BCUT2D eigenvalue weighted by molar-refractivity contribution is -0.142. The van der Waals surface area contributed by atoms with Crippen LogP contribution in [0.4, 0.5) is 0 Å². The first kappa shape index (κ1) is 32.6. The molecule has 4 unspecified atom stereocenters. The van der Waals surface area contributed by atoms with Gasteiger partial charge in [-0.15, -0.1) is 0 Å². The molecule has 0 radical (unpaired) electrons. The Balaban J connectivity index is 2.26. The molecule has 2 aromatic rings. The van der Waals surface area contributed by atoms with E-state index in [0.717, 1.165) is 10.9 Å². The van der Waals surface area contributed by atoms with Gasteiger partial charge in [0.05, 0.1) is 12.5 Å². The molecule has 13 nitrogen and oxygen atoms in total. The van der Waals surface area contributed by atoms with Crippen LogP contribution in [0.2, 0.25) is 0 Å². The first-order valence-corrected chi connectivity index (χ1v) is 14.3. The third-order valence-electron chi connectivity index (χ3n) is 6.27. The number of rotatable bonds is 18. The summed E-state index contributed by atoms with van der Waals surface area (Å²) in [5.41, 5.74) is 12.7. The van der Waals surface area contributed by atoms with Crippen molar-refractivity contribution in [3.05, 3.63) is 36.0 Å². The molecule has 0 spiro atoms. The summed E-state index contributed by atoms with van der Waals surface area (Å²) in [4.78, 5) is 65.1. The van der Waals surface area contributed by atoms with Gasteiger partial charge in [-0.05, 0) is 55.9 Å². The molecule has 0 aliphatic carbocycles. The topological polar surface area (TPSA) is 230 Å². The Kier molecular flexibility index (Phi) is 13.4. The number of para-hydroxylation sites is 1. The lowest BCUT2D eigenvalue weighted by Gasteiger charge is -2.25. The molecule has 220 valence electrons. The van der Waals surface area contributed by atoms with Gasteiger partial charge in [0.25, 0.3) is 0 Å². The molecule has 1 heterocycles. The summed E-state index contributed by atoms with van der Waals surface area (Å²) in [7, 11) is 0. The highest BCUT2D eigenvalue weighted by molar-refractivity contribution is 7.98. The number of hydrogen-bond donors (Lipinski definition) is 8. The Labute approximate surface area is 236 Å². The molecule has 1 aromatic heterocycles. The van der Waals surface area contributed by atoms with Crippen molar-refractivity contribution in [2.75, 3.05) is 18.6 Å². The molecule has 0 saturated carbocycles. The van der Waals surface area contributed by atoms with E-state index < -0.39 is 60.2 Å². The summed E-state index contributed by atoms with van der Waals surface area (Å²) in [5, 5.41) is 27.0. The highest BCUT2D eigenvalue weighted by Gasteiger charge is 2.31. The quantitative estimate of drug-likeness (QED) is 0.110. The van der Waals surface area contributed by atoms with E-state index in [1.807, 2.05) is 30.5 Å². The van der Waals surface area contributed by atoms with E-state index in [-0.39, 0.29) is 19.3 Å². The van der Waals surface area contributed by atoms with E-state index in [9.17, 15) is 29.1 Å². The van der Waals surface area contributed by atoms with E-state index in [2.05, 4.69) is 20.9 Å². The maximum Gasteiger partial charge on any atom is 0.326 e. The number of nitrogens with two attached hydrogens (primary N) is 2. The summed E-state index contributed by atoms with van der Waals surface area (Å²) < 4.78 is 0. The minimum absolute atomic E-state index is 0.0229. The minimum Gasteiger partial charge on any atom is -0.481 e. The summed E-state index contributed by atoms with van der Waals surface area (Å²) >= 11 is 1.44. The van der Waals surface area contributed by atoms with Gasteiger partial charge in [-0.1, -0.05) is 18.2 Å². The SMILES string of the molecule is CSCCC(NC(=O)C(Cc1c[nH]c2ccccc12)NC(=O)C(N)CC(=O)O)C(=O)NC(CCCCN)C(=O)O. The minimum atomic E-state index is -1.39. The van der Waals surface area contributed by atoms with Crippen molar-refractivity contribution in [2.24, 2.45) is 11.5 Å². The van der Waals surface area contributed by atoms with Crippen LogP contribution in [0.1, 0.15) is 37.7 Å². The Morgan fingerprint density at radius 3 is 2.23 bits per heavy atom. The van der Waals surface area contributed by atoms with Crippen LogP contribution < -0.4 is 27.4 Å². The molecular formula is C26H38N6O7S. The summed E-state index contributed by atoms with van der Waals surface area (Å²) in [6, 6.07) is 2.55. The maximum atomic E-state index is 13.5. The fraction of sp³-hybridized carbons (Fsp3) is 0.500. The summed E-state index contributed by atoms with van der Waals surface area (Å²) in [6.07, 6.45) is 4.42. The zero-order valence-electron chi connectivity index (χ0n) is 22.4. The number of benzene rings is 1. The maximum absolute atomic E-state index is 13.5. The number of unbranched alkanes of at least 4 members (excludes halogenated alkanes) is 1. The number of hydrogen-bond acceptors (Lipinski definition) is 8. The van der Waals surface area contributed by atoms with Gasteiger partial charge in [0.1, 0.15) is 18.1 Å². The number of fused-ring (bicyclic) bond motifs is 1. The molecular weight excluding hydrogens is 540 g/mol. The number of aliphatic carboxylic acids is 2. The summed E-state index contributed by atoms with van der Waals surface area (Å²) in [6.45, 7) is 0.395. The second-order valence-electron chi connectivity index (χ2n) is 9.36. The Hall–Kier alpha value is -3.62. The molecule has 0 fully saturated rings. The van der Waals surface area contributed by atoms with Gasteiger partial charge in [0.15, 0.2) is 0 Å². The van der Waals surface area contributed by atoms with Crippen molar-refractivity contribution in [1.82, 2.24) is 20.9 Å². The molecule has 0 aliphatic rings. The Bertz CT molecular complexity index is 1170.